The van der Waals surface area contributed by atoms with Gasteiger partial charge in [-0.25, -0.2) is 0 Å². The Morgan fingerprint density at radius 3 is 2.50 bits per heavy atom. The lowest BCUT2D eigenvalue weighted by Gasteiger charge is -2.36. The SMILES string of the molecule is C=C(C)C1CC(=O)C(C)=C(C2CCN(Cc3cccc(NC(=O)c4ccc(Cl)cc4)c3)CC2)C1. The lowest BCUT2D eigenvalue weighted by Crippen LogP contribution is -2.35. The number of hydrogen-bond donors (Lipinski definition) is 1. The first kappa shape index (κ1) is 24.4. The molecule has 1 atom stereocenters. The normalized spacial score (nSPS) is 19.9. The van der Waals surface area contributed by atoms with E-state index in [0.717, 1.165) is 55.7 Å². The molecule has 0 spiro atoms. The number of amides is 1. The average molecular weight is 477 g/mol. The molecule has 2 aliphatic rings. The van der Waals surface area contributed by atoms with Crippen LogP contribution in [0.15, 0.2) is 71.8 Å². The molecule has 2 aromatic rings. The van der Waals surface area contributed by atoms with Gasteiger partial charge in [-0.3, -0.25) is 14.5 Å². The lowest BCUT2D eigenvalue weighted by molar-refractivity contribution is -0.116. The van der Waals surface area contributed by atoms with Gasteiger partial charge in [0.2, 0.25) is 0 Å². The molecule has 4 nitrogen and oxygen atoms in total. The Balaban J connectivity index is 1.34. The van der Waals surface area contributed by atoms with Crippen LogP contribution in [0.5, 0.6) is 0 Å². The number of nitrogens with one attached hydrogen (secondary N) is 1. The number of hydrogen-bond acceptors (Lipinski definition) is 3. The Kier molecular flexibility index (Phi) is 7.70. The zero-order valence-corrected chi connectivity index (χ0v) is 20.8. The number of Topliss-reactive ketones (excluding diaryl/α,β-unsaturated/α-hetero) is 1. The highest BCUT2D eigenvalue weighted by Gasteiger charge is 2.31. The molecule has 1 unspecified atom stereocenters. The molecule has 2 aromatic carbocycles. The fourth-order valence-electron chi connectivity index (χ4n) is 5.12. The number of benzene rings is 2. The first-order chi connectivity index (χ1) is 16.3. The van der Waals surface area contributed by atoms with E-state index in [0.29, 0.717) is 34.6 Å². The Labute approximate surface area is 207 Å². The highest BCUT2D eigenvalue weighted by molar-refractivity contribution is 6.30. The molecule has 1 saturated heterocycles. The fraction of sp³-hybridized carbons (Fsp3) is 0.379. The molecule has 1 N–H and O–H groups in total. The van der Waals surface area contributed by atoms with E-state index in [9.17, 15) is 9.59 Å². The van der Waals surface area contributed by atoms with E-state index in [1.54, 1.807) is 24.3 Å². The van der Waals surface area contributed by atoms with Crippen LogP contribution in [-0.4, -0.2) is 29.7 Å². The number of ketones is 1. The summed E-state index contributed by atoms with van der Waals surface area (Å²) in [5, 5.41) is 3.59. The fourth-order valence-corrected chi connectivity index (χ4v) is 5.24. The van der Waals surface area contributed by atoms with Crippen molar-refractivity contribution in [2.24, 2.45) is 11.8 Å². The zero-order chi connectivity index (χ0) is 24.2. The van der Waals surface area contributed by atoms with Crippen molar-refractivity contribution >= 4 is 29.0 Å². The van der Waals surface area contributed by atoms with Crippen molar-refractivity contribution in [3.05, 3.63) is 88.0 Å². The maximum absolute atomic E-state index is 12.5. The summed E-state index contributed by atoms with van der Waals surface area (Å²) in [6, 6.07) is 14.9. The van der Waals surface area contributed by atoms with E-state index >= 15 is 0 Å². The van der Waals surface area contributed by atoms with Gasteiger partial charge in [0.05, 0.1) is 0 Å². The van der Waals surface area contributed by atoms with Crippen molar-refractivity contribution in [2.45, 2.75) is 46.1 Å². The molecule has 5 heteroatoms. The molecule has 0 aromatic heterocycles. The molecule has 1 amide bonds. The van der Waals surface area contributed by atoms with E-state index in [2.05, 4.69) is 22.9 Å². The van der Waals surface area contributed by atoms with Gasteiger partial charge in [0.1, 0.15) is 0 Å². The van der Waals surface area contributed by atoms with Gasteiger partial charge in [-0.2, -0.15) is 0 Å². The first-order valence-electron chi connectivity index (χ1n) is 12.1. The number of halogens is 1. The van der Waals surface area contributed by atoms with Crippen LogP contribution < -0.4 is 5.32 Å². The molecule has 1 aliphatic carbocycles. The van der Waals surface area contributed by atoms with Crippen LogP contribution in [0.1, 0.15) is 55.5 Å². The number of allylic oxidation sites excluding steroid dienone is 3. The van der Waals surface area contributed by atoms with E-state index in [4.69, 9.17) is 11.6 Å². The van der Waals surface area contributed by atoms with Gasteiger partial charge in [-0.05, 0) is 106 Å². The molecule has 1 heterocycles. The molecule has 0 bridgehead atoms. The predicted molar refractivity (Wildman–Crippen MR) is 139 cm³/mol. The highest BCUT2D eigenvalue weighted by atomic mass is 35.5. The third kappa shape index (κ3) is 5.86. The number of rotatable bonds is 6. The molecule has 1 fully saturated rings. The number of carbonyl (C=O) groups is 2. The van der Waals surface area contributed by atoms with Gasteiger partial charge >= 0.3 is 0 Å². The maximum atomic E-state index is 12.5. The van der Waals surface area contributed by atoms with Crippen molar-refractivity contribution in [3.63, 3.8) is 0 Å². The number of nitrogens with zero attached hydrogens (tertiary/aromatic N) is 1. The van der Waals surface area contributed by atoms with Crippen molar-refractivity contribution < 1.29 is 9.59 Å². The minimum atomic E-state index is -0.145. The van der Waals surface area contributed by atoms with Crippen LogP contribution in [0.25, 0.3) is 0 Å². The summed E-state index contributed by atoms with van der Waals surface area (Å²) >= 11 is 5.92. The van der Waals surface area contributed by atoms with E-state index in [-0.39, 0.29) is 5.91 Å². The number of likely N-dealkylation sites (tertiary alicyclic amines) is 1. The molecular formula is C29H33ClN2O2. The highest BCUT2D eigenvalue weighted by Crippen LogP contribution is 2.38. The standard InChI is InChI=1S/C29H33ClN2O2/c1-19(2)24-16-27(20(3)28(33)17-24)22-11-13-32(14-12-22)18-21-5-4-6-26(15-21)31-29(34)23-7-9-25(30)10-8-23/h4-10,15,22,24H,1,11-14,16-18H2,2-3H3,(H,31,34). The summed E-state index contributed by atoms with van der Waals surface area (Å²) in [4.78, 5) is 27.5. The second-order valence-electron chi connectivity index (χ2n) is 9.74. The maximum Gasteiger partial charge on any atom is 0.255 e. The summed E-state index contributed by atoms with van der Waals surface area (Å²) in [5.41, 5.74) is 6.05. The van der Waals surface area contributed by atoms with Crippen LogP contribution in [0.2, 0.25) is 5.02 Å². The lowest BCUT2D eigenvalue weighted by atomic mass is 9.73. The summed E-state index contributed by atoms with van der Waals surface area (Å²) in [6.07, 6.45) is 3.77. The summed E-state index contributed by atoms with van der Waals surface area (Å²) in [5.74, 6) is 0.949. The minimum absolute atomic E-state index is 0.145. The molecule has 4 rings (SSSR count). The molecule has 178 valence electrons. The second-order valence-corrected chi connectivity index (χ2v) is 10.2. The number of carbonyl (C=O) groups excluding carboxylic acids is 2. The predicted octanol–water partition coefficient (Wildman–Crippen LogP) is 6.68. The third-order valence-corrected chi connectivity index (χ3v) is 7.52. The van der Waals surface area contributed by atoms with Crippen molar-refractivity contribution in [3.8, 4) is 0 Å². The van der Waals surface area contributed by atoms with Gasteiger partial charge in [0.15, 0.2) is 5.78 Å². The minimum Gasteiger partial charge on any atom is -0.322 e. The Morgan fingerprint density at radius 1 is 1.12 bits per heavy atom. The van der Waals surface area contributed by atoms with Gasteiger partial charge in [0.25, 0.3) is 5.91 Å². The molecule has 0 radical (unpaired) electrons. The Hall–Kier alpha value is -2.69. The molecule has 1 aliphatic heterocycles. The smallest absolute Gasteiger partial charge is 0.255 e. The topological polar surface area (TPSA) is 49.4 Å². The van der Waals surface area contributed by atoms with Crippen LogP contribution in [-0.2, 0) is 11.3 Å². The van der Waals surface area contributed by atoms with E-state index in [1.807, 2.05) is 32.0 Å². The van der Waals surface area contributed by atoms with Crippen LogP contribution >= 0.6 is 11.6 Å². The summed E-state index contributed by atoms with van der Waals surface area (Å²) < 4.78 is 0. The van der Waals surface area contributed by atoms with Crippen LogP contribution in [0.3, 0.4) is 0 Å². The van der Waals surface area contributed by atoms with E-state index < -0.39 is 0 Å². The largest absolute Gasteiger partial charge is 0.322 e. The van der Waals surface area contributed by atoms with Crippen molar-refractivity contribution in [2.75, 3.05) is 18.4 Å². The van der Waals surface area contributed by atoms with Gasteiger partial charge in [-0.15, -0.1) is 0 Å². The second kappa shape index (κ2) is 10.7. The quantitative estimate of drug-likeness (QED) is 0.473. The van der Waals surface area contributed by atoms with Crippen LogP contribution in [0, 0.1) is 11.8 Å². The van der Waals surface area contributed by atoms with Crippen molar-refractivity contribution in [1.29, 1.82) is 0 Å². The molecule has 34 heavy (non-hydrogen) atoms. The number of anilines is 1. The summed E-state index contributed by atoms with van der Waals surface area (Å²) in [6.45, 7) is 11.0. The molecular weight excluding hydrogens is 444 g/mol. The van der Waals surface area contributed by atoms with E-state index in [1.165, 1.54) is 11.1 Å². The first-order valence-corrected chi connectivity index (χ1v) is 12.4. The van der Waals surface area contributed by atoms with Gasteiger partial charge in [-0.1, -0.05) is 41.5 Å². The average Bonchev–Trinajstić information content (AvgIpc) is 2.82. The number of piperidine rings is 1. The van der Waals surface area contributed by atoms with Gasteiger partial charge in [0, 0.05) is 29.2 Å². The van der Waals surface area contributed by atoms with Crippen molar-refractivity contribution in [1.82, 2.24) is 4.90 Å². The third-order valence-electron chi connectivity index (χ3n) is 7.27. The van der Waals surface area contributed by atoms with Gasteiger partial charge < -0.3 is 5.32 Å². The Morgan fingerprint density at radius 2 is 1.82 bits per heavy atom. The van der Waals surface area contributed by atoms with Crippen LogP contribution in [0.4, 0.5) is 5.69 Å². The Bertz CT molecular complexity index is 1110. The molecule has 0 saturated carbocycles. The zero-order valence-electron chi connectivity index (χ0n) is 20.1. The monoisotopic (exact) mass is 476 g/mol. The summed E-state index contributed by atoms with van der Waals surface area (Å²) in [7, 11) is 0.